The molecular weight excluding hydrogens is 339 g/mol. The molecule has 0 bridgehead atoms. The quantitative estimate of drug-likeness (QED) is 0.485. The summed E-state index contributed by atoms with van der Waals surface area (Å²) in [5.74, 6) is -0.174. The van der Waals surface area contributed by atoms with Crippen molar-refractivity contribution in [2.24, 2.45) is 15.9 Å². The molecule has 0 heterocycles. The molecule has 0 aliphatic carbocycles. The number of amidine groups is 1. The zero-order valence-corrected chi connectivity index (χ0v) is 13.2. The predicted octanol–water partition coefficient (Wildman–Crippen LogP) is 4.01. The highest BCUT2D eigenvalue weighted by Crippen LogP contribution is 2.18. The van der Waals surface area contributed by atoms with Crippen LogP contribution in [0.1, 0.15) is 11.1 Å². The molecule has 0 aliphatic heterocycles. The molecule has 2 aromatic carbocycles. The van der Waals surface area contributed by atoms with E-state index in [2.05, 4.69) is 14.9 Å². The van der Waals surface area contributed by atoms with Crippen molar-refractivity contribution in [2.75, 3.05) is 0 Å². The maximum Gasteiger partial charge on any atom is 0.387 e. The van der Waals surface area contributed by atoms with E-state index in [-0.39, 0.29) is 16.5 Å². The van der Waals surface area contributed by atoms with Crippen molar-refractivity contribution in [3.05, 3.63) is 65.5 Å². The van der Waals surface area contributed by atoms with Crippen LogP contribution in [0.2, 0.25) is 0 Å². The van der Waals surface area contributed by atoms with Gasteiger partial charge in [-0.1, -0.05) is 42.1 Å². The molecule has 2 aromatic rings. The topological polar surface area (TPSA) is 60.0 Å². The number of halogens is 3. The van der Waals surface area contributed by atoms with E-state index < -0.39 is 12.4 Å². The molecule has 4 nitrogen and oxygen atoms in total. The van der Waals surface area contributed by atoms with Crippen LogP contribution in [0.4, 0.5) is 13.2 Å². The number of hydrogen-bond donors (Lipinski definition) is 1. The second-order valence-electron chi connectivity index (χ2n) is 4.52. The zero-order chi connectivity index (χ0) is 17.4. The van der Waals surface area contributed by atoms with Gasteiger partial charge in [0.1, 0.15) is 11.6 Å². The lowest BCUT2D eigenvalue weighted by atomic mass is 10.2. The molecule has 0 saturated carbocycles. The van der Waals surface area contributed by atoms with Gasteiger partial charge in [-0.15, -0.1) is 5.10 Å². The van der Waals surface area contributed by atoms with E-state index >= 15 is 0 Å². The molecule has 0 saturated heterocycles. The van der Waals surface area contributed by atoms with Crippen LogP contribution in [-0.2, 0) is 5.75 Å². The van der Waals surface area contributed by atoms with Gasteiger partial charge in [0, 0.05) is 11.3 Å². The van der Waals surface area contributed by atoms with Gasteiger partial charge in [-0.05, 0) is 23.8 Å². The molecule has 0 unspecified atom stereocenters. The van der Waals surface area contributed by atoms with Gasteiger partial charge in [0.05, 0.1) is 6.21 Å². The summed E-state index contributed by atoms with van der Waals surface area (Å²) in [6.45, 7) is -2.98. The third-order valence-electron chi connectivity index (χ3n) is 2.78. The molecule has 126 valence electrons. The number of thioether (sulfide) groups is 1. The molecule has 8 heteroatoms. The molecule has 0 spiro atoms. The Hall–Kier alpha value is -2.48. The normalized spacial score (nSPS) is 12.1. The third-order valence-corrected chi connectivity index (χ3v) is 3.63. The van der Waals surface area contributed by atoms with E-state index in [1.165, 1.54) is 11.8 Å². The average Bonchev–Trinajstić information content (AvgIpc) is 2.56. The van der Waals surface area contributed by atoms with Crippen molar-refractivity contribution in [2.45, 2.75) is 12.4 Å². The highest BCUT2D eigenvalue weighted by atomic mass is 32.2. The standard InChI is InChI=1S/C16H14F3N3OS/c17-14-7-6-13(23-15(18)19)8-12(14)9-21-22-16(20)24-10-11-4-2-1-3-5-11/h1-9,15H,10H2,(H2,20,22). The van der Waals surface area contributed by atoms with Crippen molar-refractivity contribution < 1.29 is 17.9 Å². The SMILES string of the molecule is NC(=NN=Cc1cc(OC(F)F)ccc1F)SCc1ccccc1. The molecule has 0 amide bonds. The summed E-state index contributed by atoms with van der Waals surface area (Å²) in [5.41, 5.74) is 6.75. The van der Waals surface area contributed by atoms with Gasteiger partial charge < -0.3 is 10.5 Å². The molecule has 0 radical (unpaired) electrons. The van der Waals surface area contributed by atoms with E-state index in [0.717, 1.165) is 30.0 Å². The molecule has 0 aliphatic rings. The van der Waals surface area contributed by atoms with Gasteiger partial charge >= 0.3 is 6.61 Å². The molecule has 0 aromatic heterocycles. The number of ether oxygens (including phenoxy) is 1. The summed E-state index contributed by atoms with van der Waals surface area (Å²) in [6, 6.07) is 12.9. The molecule has 2 N–H and O–H groups in total. The van der Waals surface area contributed by atoms with Gasteiger partial charge in [0.2, 0.25) is 0 Å². The van der Waals surface area contributed by atoms with Crippen LogP contribution >= 0.6 is 11.8 Å². The van der Waals surface area contributed by atoms with Crippen LogP contribution in [0.3, 0.4) is 0 Å². The number of hydrogen-bond acceptors (Lipinski definition) is 4. The van der Waals surface area contributed by atoms with E-state index in [0.29, 0.717) is 5.75 Å². The summed E-state index contributed by atoms with van der Waals surface area (Å²) in [4.78, 5) is 0. The monoisotopic (exact) mass is 353 g/mol. The fourth-order valence-corrected chi connectivity index (χ4v) is 2.32. The van der Waals surface area contributed by atoms with Crippen LogP contribution in [0.5, 0.6) is 5.75 Å². The lowest BCUT2D eigenvalue weighted by molar-refractivity contribution is -0.0498. The first-order valence-electron chi connectivity index (χ1n) is 6.82. The molecule has 0 atom stereocenters. The minimum Gasteiger partial charge on any atom is -0.435 e. The first kappa shape index (κ1) is 17.9. The average molecular weight is 353 g/mol. The maximum absolute atomic E-state index is 13.6. The second kappa shape index (κ2) is 8.97. The molecule has 24 heavy (non-hydrogen) atoms. The number of benzene rings is 2. The number of nitrogens with zero attached hydrogens (tertiary/aromatic N) is 2. The Kier molecular flexibility index (Phi) is 6.68. The summed E-state index contributed by atoms with van der Waals surface area (Å²) in [5, 5.41) is 7.61. The van der Waals surface area contributed by atoms with Gasteiger partial charge in [-0.25, -0.2) is 4.39 Å². The van der Waals surface area contributed by atoms with Crippen molar-refractivity contribution in [3.8, 4) is 5.75 Å². The Bertz CT molecular complexity index is 724. The summed E-state index contributed by atoms with van der Waals surface area (Å²) in [6.07, 6.45) is 1.09. The van der Waals surface area contributed by atoms with Crippen LogP contribution in [0.25, 0.3) is 0 Å². The fraction of sp³-hybridized carbons (Fsp3) is 0.125. The summed E-state index contributed by atoms with van der Waals surface area (Å²) >= 11 is 1.28. The Morgan fingerprint density at radius 3 is 2.67 bits per heavy atom. The van der Waals surface area contributed by atoms with E-state index in [9.17, 15) is 13.2 Å². The van der Waals surface area contributed by atoms with Crippen LogP contribution in [0.15, 0.2) is 58.7 Å². The van der Waals surface area contributed by atoms with Crippen LogP contribution < -0.4 is 10.5 Å². The summed E-state index contributed by atoms with van der Waals surface area (Å²) in [7, 11) is 0. The highest BCUT2D eigenvalue weighted by Gasteiger charge is 2.07. The Morgan fingerprint density at radius 2 is 1.96 bits per heavy atom. The minimum atomic E-state index is -2.98. The van der Waals surface area contributed by atoms with E-state index in [4.69, 9.17) is 5.73 Å². The van der Waals surface area contributed by atoms with Crippen molar-refractivity contribution in [1.29, 1.82) is 0 Å². The van der Waals surface area contributed by atoms with E-state index in [1.807, 2.05) is 30.3 Å². The number of rotatable bonds is 6. The second-order valence-corrected chi connectivity index (χ2v) is 5.51. The van der Waals surface area contributed by atoms with Gasteiger partial charge in [0.25, 0.3) is 0 Å². The van der Waals surface area contributed by atoms with E-state index in [1.54, 1.807) is 0 Å². The summed E-state index contributed by atoms with van der Waals surface area (Å²) < 4.78 is 42.1. The smallest absolute Gasteiger partial charge is 0.387 e. The van der Waals surface area contributed by atoms with Gasteiger partial charge in [0.15, 0.2) is 5.17 Å². The van der Waals surface area contributed by atoms with Gasteiger partial charge in [-0.2, -0.15) is 13.9 Å². The van der Waals surface area contributed by atoms with Gasteiger partial charge in [-0.3, -0.25) is 0 Å². The molecule has 0 fully saturated rings. The van der Waals surface area contributed by atoms with Crippen LogP contribution in [0, 0.1) is 5.82 Å². The third kappa shape index (κ3) is 5.96. The van der Waals surface area contributed by atoms with Crippen molar-refractivity contribution in [1.82, 2.24) is 0 Å². The predicted molar refractivity (Wildman–Crippen MR) is 90.0 cm³/mol. The molecule has 2 rings (SSSR count). The zero-order valence-electron chi connectivity index (χ0n) is 12.4. The number of nitrogens with two attached hydrogens (primary N) is 1. The lowest BCUT2D eigenvalue weighted by Crippen LogP contribution is -2.06. The number of alkyl halides is 2. The Labute approximate surface area is 141 Å². The minimum absolute atomic E-state index is 0.0299. The van der Waals surface area contributed by atoms with Crippen molar-refractivity contribution >= 4 is 23.1 Å². The fourth-order valence-electron chi connectivity index (χ4n) is 1.71. The largest absolute Gasteiger partial charge is 0.435 e. The highest BCUT2D eigenvalue weighted by molar-refractivity contribution is 8.13. The van der Waals surface area contributed by atoms with Crippen LogP contribution in [-0.4, -0.2) is 18.0 Å². The van der Waals surface area contributed by atoms with Crippen molar-refractivity contribution in [3.63, 3.8) is 0 Å². The molecular formula is C16H14F3N3OS. The Morgan fingerprint density at radius 1 is 1.21 bits per heavy atom. The lowest BCUT2D eigenvalue weighted by Gasteiger charge is -2.05. The first-order chi connectivity index (χ1) is 11.5. The maximum atomic E-state index is 13.6. The first-order valence-corrected chi connectivity index (χ1v) is 7.81. The Balaban J connectivity index is 1.96.